The van der Waals surface area contributed by atoms with E-state index in [1.54, 1.807) is 0 Å². The topological polar surface area (TPSA) is 69.6 Å². The van der Waals surface area contributed by atoms with E-state index in [9.17, 15) is 9.59 Å². The highest BCUT2D eigenvalue weighted by Crippen LogP contribution is 2.13. The molecule has 0 aliphatic rings. The van der Waals surface area contributed by atoms with Crippen molar-refractivity contribution in [3.63, 3.8) is 0 Å². The molecule has 5 nitrogen and oxygen atoms in total. The fourth-order valence-corrected chi connectivity index (χ4v) is 1.91. The monoisotopic (exact) mass is 292 g/mol. The van der Waals surface area contributed by atoms with Gasteiger partial charge >= 0.3 is 12.0 Å². The highest BCUT2D eigenvalue weighted by atomic mass is 16.4. The summed E-state index contributed by atoms with van der Waals surface area (Å²) in [5.74, 6) is -1.02. The van der Waals surface area contributed by atoms with Gasteiger partial charge < -0.3 is 15.3 Å². The molecule has 2 N–H and O–H groups in total. The average molecular weight is 292 g/mol. The number of carboxylic acid groups (broad SMARTS) is 1. The summed E-state index contributed by atoms with van der Waals surface area (Å²) < 4.78 is 0. The quantitative estimate of drug-likeness (QED) is 0.876. The molecule has 116 valence electrons. The Morgan fingerprint density at radius 3 is 2.10 bits per heavy atom. The Hall–Kier alpha value is -2.04. The van der Waals surface area contributed by atoms with Gasteiger partial charge in [-0.15, -0.1) is 0 Å². The molecule has 0 bridgehead atoms. The molecule has 21 heavy (non-hydrogen) atoms. The lowest BCUT2D eigenvalue weighted by Crippen LogP contribution is -2.52. The highest BCUT2D eigenvalue weighted by Gasteiger charge is 2.28. The minimum Gasteiger partial charge on any atom is -0.480 e. The largest absolute Gasteiger partial charge is 0.480 e. The van der Waals surface area contributed by atoms with Crippen molar-refractivity contribution < 1.29 is 14.7 Å². The Kier molecular flexibility index (Phi) is 5.76. The number of carbonyl (C=O) groups excluding carboxylic acids is 1. The number of nitrogens with zero attached hydrogens (tertiary/aromatic N) is 1. The van der Waals surface area contributed by atoms with Gasteiger partial charge in [-0.1, -0.05) is 31.2 Å². The van der Waals surface area contributed by atoms with Crippen LogP contribution in [0.2, 0.25) is 0 Å². The molecule has 1 aromatic rings. The molecule has 0 radical (unpaired) electrons. The van der Waals surface area contributed by atoms with E-state index in [1.807, 2.05) is 45.0 Å². The number of carboxylic acids is 1. The molecule has 2 amide bonds. The first-order valence-corrected chi connectivity index (χ1v) is 7.09. The summed E-state index contributed by atoms with van der Waals surface area (Å²) in [5.41, 5.74) is 1.69. The van der Waals surface area contributed by atoms with Crippen LogP contribution in [0.15, 0.2) is 24.3 Å². The van der Waals surface area contributed by atoms with Crippen LogP contribution in [0.3, 0.4) is 0 Å². The first-order valence-electron chi connectivity index (χ1n) is 7.09. The molecule has 0 aromatic heterocycles. The predicted molar refractivity (Wildman–Crippen MR) is 82.2 cm³/mol. The van der Waals surface area contributed by atoms with Crippen molar-refractivity contribution in [3.05, 3.63) is 35.4 Å². The Morgan fingerprint density at radius 2 is 1.67 bits per heavy atom. The highest BCUT2D eigenvalue weighted by molar-refractivity contribution is 5.80. The maximum Gasteiger partial charge on any atom is 0.323 e. The molecule has 0 heterocycles. The SMILES string of the molecule is CCc1ccc(CNC(=O)N(CC(=O)O)C(C)(C)C)cc1. The summed E-state index contributed by atoms with van der Waals surface area (Å²) in [6, 6.07) is 7.63. The molecular weight excluding hydrogens is 268 g/mol. The van der Waals surface area contributed by atoms with E-state index < -0.39 is 11.5 Å². The van der Waals surface area contributed by atoms with Crippen LogP contribution < -0.4 is 5.32 Å². The third kappa shape index (κ3) is 5.45. The van der Waals surface area contributed by atoms with E-state index in [4.69, 9.17) is 5.11 Å². The zero-order chi connectivity index (χ0) is 16.0. The smallest absolute Gasteiger partial charge is 0.323 e. The van der Waals surface area contributed by atoms with E-state index in [2.05, 4.69) is 12.2 Å². The lowest BCUT2D eigenvalue weighted by molar-refractivity contribution is -0.138. The molecule has 0 spiro atoms. The van der Waals surface area contributed by atoms with Gasteiger partial charge in [0, 0.05) is 12.1 Å². The maximum absolute atomic E-state index is 12.2. The second-order valence-corrected chi connectivity index (χ2v) is 5.98. The summed E-state index contributed by atoms with van der Waals surface area (Å²) in [6.45, 7) is 7.59. The van der Waals surface area contributed by atoms with Crippen LogP contribution in [-0.4, -0.2) is 34.1 Å². The maximum atomic E-state index is 12.2. The van der Waals surface area contributed by atoms with Crippen LogP contribution in [0.25, 0.3) is 0 Å². The summed E-state index contributed by atoms with van der Waals surface area (Å²) in [5, 5.41) is 11.7. The van der Waals surface area contributed by atoms with Gasteiger partial charge in [0.25, 0.3) is 0 Å². The third-order valence-corrected chi connectivity index (χ3v) is 3.22. The zero-order valence-corrected chi connectivity index (χ0v) is 13.1. The minimum atomic E-state index is -1.02. The van der Waals surface area contributed by atoms with Crippen LogP contribution in [0, 0.1) is 0 Å². The Balaban J connectivity index is 2.66. The molecule has 0 saturated heterocycles. The molecule has 0 fully saturated rings. The molecule has 0 aliphatic heterocycles. The number of hydrogen-bond donors (Lipinski definition) is 2. The molecule has 0 atom stereocenters. The van der Waals surface area contributed by atoms with Gasteiger partial charge in [0.15, 0.2) is 0 Å². The average Bonchev–Trinajstić information content (AvgIpc) is 2.41. The van der Waals surface area contributed by atoms with Crippen molar-refractivity contribution in [3.8, 4) is 0 Å². The number of amides is 2. The lowest BCUT2D eigenvalue weighted by atomic mass is 10.1. The van der Waals surface area contributed by atoms with Crippen molar-refractivity contribution in [2.45, 2.75) is 46.2 Å². The van der Waals surface area contributed by atoms with Gasteiger partial charge in [0.2, 0.25) is 0 Å². The zero-order valence-electron chi connectivity index (χ0n) is 13.1. The van der Waals surface area contributed by atoms with Crippen LogP contribution in [0.1, 0.15) is 38.8 Å². The number of rotatable bonds is 5. The second kappa shape index (κ2) is 7.11. The van der Waals surface area contributed by atoms with Crippen molar-refractivity contribution in [2.24, 2.45) is 0 Å². The normalized spacial score (nSPS) is 11.0. The fourth-order valence-electron chi connectivity index (χ4n) is 1.91. The molecule has 5 heteroatoms. The van der Waals surface area contributed by atoms with E-state index in [0.717, 1.165) is 12.0 Å². The molecule has 0 aliphatic carbocycles. The minimum absolute atomic E-state index is 0.315. The number of nitrogens with one attached hydrogen (secondary N) is 1. The van der Waals surface area contributed by atoms with Crippen molar-refractivity contribution >= 4 is 12.0 Å². The van der Waals surface area contributed by atoms with Gasteiger partial charge in [-0.05, 0) is 38.3 Å². The van der Waals surface area contributed by atoms with Gasteiger partial charge in [0.05, 0.1) is 0 Å². The Morgan fingerprint density at radius 1 is 1.14 bits per heavy atom. The lowest BCUT2D eigenvalue weighted by Gasteiger charge is -2.34. The molecular formula is C16H24N2O3. The van der Waals surface area contributed by atoms with Crippen LogP contribution >= 0.6 is 0 Å². The fraction of sp³-hybridized carbons (Fsp3) is 0.500. The van der Waals surface area contributed by atoms with Gasteiger partial charge in [0.1, 0.15) is 6.54 Å². The predicted octanol–water partition coefficient (Wildman–Crippen LogP) is 2.64. The molecule has 1 rings (SSSR count). The van der Waals surface area contributed by atoms with Crippen molar-refractivity contribution in [1.29, 1.82) is 0 Å². The van der Waals surface area contributed by atoms with E-state index in [-0.39, 0.29) is 12.6 Å². The number of urea groups is 1. The molecule has 0 unspecified atom stereocenters. The van der Waals surface area contributed by atoms with Gasteiger partial charge in [-0.25, -0.2) is 4.79 Å². The standard InChI is InChI=1S/C16H24N2O3/c1-5-12-6-8-13(9-7-12)10-17-15(21)18(11-14(19)20)16(2,3)4/h6-9H,5,10-11H2,1-4H3,(H,17,21)(H,19,20). The van der Waals surface area contributed by atoms with Crippen LogP contribution in [0.5, 0.6) is 0 Å². The Bertz CT molecular complexity index is 489. The summed E-state index contributed by atoms with van der Waals surface area (Å²) in [7, 11) is 0. The van der Waals surface area contributed by atoms with Crippen molar-refractivity contribution in [2.75, 3.05) is 6.54 Å². The number of aryl methyl sites for hydroxylation is 1. The number of carbonyl (C=O) groups is 2. The number of hydrogen-bond acceptors (Lipinski definition) is 2. The van der Waals surface area contributed by atoms with Crippen molar-refractivity contribution in [1.82, 2.24) is 10.2 Å². The van der Waals surface area contributed by atoms with Crippen LogP contribution in [-0.2, 0) is 17.8 Å². The van der Waals surface area contributed by atoms with Crippen LogP contribution in [0.4, 0.5) is 4.79 Å². The summed E-state index contributed by atoms with van der Waals surface area (Å²) >= 11 is 0. The first-order chi connectivity index (χ1) is 9.74. The van der Waals surface area contributed by atoms with E-state index in [0.29, 0.717) is 6.54 Å². The second-order valence-electron chi connectivity index (χ2n) is 5.98. The van der Waals surface area contributed by atoms with Gasteiger partial charge in [-0.2, -0.15) is 0 Å². The van der Waals surface area contributed by atoms with Gasteiger partial charge in [-0.3, -0.25) is 4.79 Å². The van der Waals surface area contributed by atoms with E-state index in [1.165, 1.54) is 10.5 Å². The summed E-state index contributed by atoms with van der Waals surface area (Å²) in [6.07, 6.45) is 0.975. The molecule has 1 aromatic carbocycles. The Labute approximate surface area is 126 Å². The third-order valence-electron chi connectivity index (χ3n) is 3.22. The first kappa shape index (κ1) is 17.0. The summed E-state index contributed by atoms with van der Waals surface area (Å²) in [4.78, 5) is 24.4. The molecule has 0 saturated carbocycles. The van der Waals surface area contributed by atoms with E-state index >= 15 is 0 Å². The number of aliphatic carboxylic acids is 1. The number of benzene rings is 1.